The standard InChI is InChI=1S/C17H18BrN3O4/c1-9-8-21-12-6-4-3-5-11(12)7-16(17(21,18)10(2)25-9)13(22)19-15(24)20-14(16)23/h3-6,9-10H,7-8H2,1-2H3,(H2,19,20,22,23,24)/t9?,10?,17-/m1/s1. The zero-order valence-corrected chi connectivity index (χ0v) is 15.4. The molecule has 3 atom stereocenters. The predicted molar refractivity (Wildman–Crippen MR) is 93.3 cm³/mol. The summed E-state index contributed by atoms with van der Waals surface area (Å²) in [5.74, 6) is -1.22. The van der Waals surface area contributed by atoms with Crippen molar-refractivity contribution in [2.24, 2.45) is 5.41 Å². The molecule has 2 saturated heterocycles. The van der Waals surface area contributed by atoms with Crippen LogP contribution in [0, 0.1) is 5.41 Å². The van der Waals surface area contributed by atoms with Crippen molar-refractivity contribution in [3.05, 3.63) is 29.8 Å². The molecule has 1 aromatic rings. The van der Waals surface area contributed by atoms with E-state index in [0.717, 1.165) is 11.3 Å². The Balaban J connectivity index is 1.98. The molecule has 8 heteroatoms. The highest BCUT2D eigenvalue weighted by atomic mass is 79.9. The Labute approximate surface area is 153 Å². The van der Waals surface area contributed by atoms with Crippen molar-refractivity contribution in [1.82, 2.24) is 10.6 Å². The minimum Gasteiger partial charge on any atom is -0.370 e. The van der Waals surface area contributed by atoms with Gasteiger partial charge in [0, 0.05) is 18.7 Å². The number of hydrogen-bond donors (Lipinski definition) is 2. The first-order valence-electron chi connectivity index (χ1n) is 8.17. The normalized spacial score (nSPS) is 33.4. The number of carbonyl (C=O) groups is 3. The van der Waals surface area contributed by atoms with E-state index < -0.39 is 33.8 Å². The average Bonchev–Trinajstić information content (AvgIpc) is 2.54. The van der Waals surface area contributed by atoms with Gasteiger partial charge in [-0.3, -0.25) is 20.2 Å². The van der Waals surface area contributed by atoms with Crippen molar-refractivity contribution in [2.75, 3.05) is 11.4 Å². The SMILES string of the molecule is CC1CN2c3ccccc3CC3(C(=O)NC(=O)NC3=O)[C@@]2(Br)C(C)O1. The number of morpholine rings is 1. The van der Waals surface area contributed by atoms with Crippen molar-refractivity contribution >= 4 is 39.5 Å². The molecule has 0 saturated carbocycles. The van der Waals surface area contributed by atoms with E-state index in [-0.39, 0.29) is 12.5 Å². The van der Waals surface area contributed by atoms with Gasteiger partial charge in [-0.2, -0.15) is 0 Å². The fraction of sp³-hybridized carbons (Fsp3) is 0.471. The van der Waals surface area contributed by atoms with Gasteiger partial charge in [-0.25, -0.2) is 4.79 Å². The van der Waals surface area contributed by atoms with Crippen LogP contribution in [0.15, 0.2) is 24.3 Å². The zero-order chi connectivity index (χ0) is 18.0. The molecule has 3 heterocycles. The number of para-hydroxylation sites is 1. The van der Waals surface area contributed by atoms with Crippen LogP contribution in [0.2, 0.25) is 0 Å². The molecule has 7 nitrogen and oxygen atoms in total. The molecule has 1 spiro atoms. The summed E-state index contributed by atoms with van der Waals surface area (Å²) in [4.78, 5) is 39.6. The van der Waals surface area contributed by atoms with Crippen molar-refractivity contribution < 1.29 is 19.1 Å². The first-order valence-corrected chi connectivity index (χ1v) is 8.97. The lowest BCUT2D eigenvalue weighted by Gasteiger charge is -2.60. The minimum absolute atomic E-state index is 0.0692. The summed E-state index contributed by atoms with van der Waals surface area (Å²) < 4.78 is 4.89. The summed E-state index contributed by atoms with van der Waals surface area (Å²) in [6.07, 6.45) is -0.354. The Bertz CT molecular complexity index is 778. The van der Waals surface area contributed by atoms with Gasteiger partial charge in [-0.05, 0) is 25.5 Å². The lowest BCUT2D eigenvalue weighted by Crippen LogP contribution is -2.79. The molecule has 0 radical (unpaired) electrons. The van der Waals surface area contributed by atoms with E-state index in [1.165, 1.54) is 0 Å². The number of nitrogens with zero attached hydrogens (tertiary/aromatic N) is 1. The molecule has 2 unspecified atom stereocenters. The smallest absolute Gasteiger partial charge is 0.328 e. The summed E-state index contributed by atoms with van der Waals surface area (Å²) in [6.45, 7) is 4.31. The van der Waals surface area contributed by atoms with Gasteiger partial charge < -0.3 is 9.64 Å². The molecule has 4 amide bonds. The number of alkyl halides is 1. The third-order valence-electron chi connectivity index (χ3n) is 5.37. The number of nitrogens with one attached hydrogen (secondary N) is 2. The first-order chi connectivity index (χ1) is 11.8. The van der Waals surface area contributed by atoms with Crippen LogP contribution in [0.3, 0.4) is 0 Å². The van der Waals surface area contributed by atoms with Crippen molar-refractivity contribution in [1.29, 1.82) is 0 Å². The number of fused-ring (bicyclic) bond motifs is 4. The summed E-state index contributed by atoms with van der Waals surface area (Å²) in [5.41, 5.74) is 0.331. The van der Waals surface area contributed by atoms with Crippen LogP contribution in [-0.4, -0.2) is 41.0 Å². The third-order valence-corrected chi connectivity index (χ3v) is 7.12. The maximum absolute atomic E-state index is 13.0. The molecule has 2 fully saturated rings. The van der Waals surface area contributed by atoms with E-state index >= 15 is 0 Å². The number of urea groups is 1. The second-order valence-electron chi connectivity index (χ2n) is 6.82. The highest BCUT2D eigenvalue weighted by Gasteiger charge is 2.71. The van der Waals surface area contributed by atoms with E-state index in [9.17, 15) is 14.4 Å². The minimum atomic E-state index is -1.52. The molecular weight excluding hydrogens is 390 g/mol. The molecule has 3 aliphatic rings. The van der Waals surface area contributed by atoms with E-state index in [0.29, 0.717) is 6.54 Å². The first kappa shape index (κ1) is 16.5. The Kier molecular flexibility index (Phi) is 3.49. The fourth-order valence-electron chi connectivity index (χ4n) is 4.31. The number of rotatable bonds is 0. The predicted octanol–water partition coefficient (Wildman–Crippen LogP) is 1.30. The number of imide groups is 2. The summed E-state index contributed by atoms with van der Waals surface area (Å²) >= 11 is 3.72. The maximum Gasteiger partial charge on any atom is 0.328 e. The van der Waals surface area contributed by atoms with E-state index in [2.05, 4.69) is 26.6 Å². The molecule has 2 N–H and O–H groups in total. The number of hydrogen-bond acceptors (Lipinski definition) is 5. The van der Waals surface area contributed by atoms with E-state index in [4.69, 9.17) is 4.74 Å². The molecule has 0 aromatic heterocycles. The van der Waals surface area contributed by atoms with Crippen molar-refractivity contribution in [3.63, 3.8) is 0 Å². The molecule has 4 rings (SSSR count). The van der Waals surface area contributed by atoms with Crippen molar-refractivity contribution in [2.45, 2.75) is 36.9 Å². The van der Waals surface area contributed by atoms with Gasteiger partial charge in [0.25, 0.3) is 0 Å². The van der Waals surface area contributed by atoms with Gasteiger partial charge in [0.2, 0.25) is 11.8 Å². The molecule has 3 aliphatic heterocycles. The quantitative estimate of drug-likeness (QED) is 0.384. The number of barbiturate groups is 1. The number of carbonyl (C=O) groups excluding carboxylic acids is 3. The number of halogens is 1. The highest BCUT2D eigenvalue weighted by Crippen LogP contribution is 2.56. The Hall–Kier alpha value is -1.93. The van der Waals surface area contributed by atoms with Crippen LogP contribution in [0.25, 0.3) is 0 Å². The monoisotopic (exact) mass is 407 g/mol. The molecule has 132 valence electrons. The van der Waals surface area contributed by atoms with Crippen LogP contribution in [0.4, 0.5) is 10.5 Å². The Morgan fingerprint density at radius 1 is 1.16 bits per heavy atom. The van der Waals surface area contributed by atoms with Gasteiger partial charge in [0.15, 0.2) is 5.41 Å². The summed E-state index contributed by atoms with van der Waals surface area (Å²) in [7, 11) is 0. The number of benzene rings is 1. The van der Waals surface area contributed by atoms with Crippen LogP contribution >= 0.6 is 15.9 Å². The average molecular weight is 408 g/mol. The number of amides is 4. The molecule has 1 aromatic carbocycles. The van der Waals surface area contributed by atoms with Gasteiger partial charge in [0.05, 0.1) is 12.2 Å². The molecular formula is C17H18BrN3O4. The van der Waals surface area contributed by atoms with Gasteiger partial charge in [-0.15, -0.1) is 0 Å². The number of ether oxygens (including phenoxy) is 1. The fourth-order valence-corrected chi connectivity index (χ4v) is 5.25. The van der Waals surface area contributed by atoms with E-state index in [1.54, 1.807) is 0 Å². The van der Waals surface area contributed by atoms with Crippen LogP contribution in [0.1, 0.15) is 19.4 Å². The Morgan fingerprint density at radius 3 is 2.48 bits per heavy atom. The highest BCUT2D eigenvalue weighted by molar-refractivity contribution is 9.10. The lowest BCUT2D eigenvalue weighted by molar-refractivity contribution is -0.155. The lowest BCUT2D eigenvalue weighted by atomic mass is 9.66. The Morgan fingerprint density at radius 2 is 1.80 bits per heavy atom. The zero-order valence-electron chi connectivity index (χ0n) is 13.8. The second-order valence-corrected chi connectivity index (χ2v) is 8.03. The topological polar surface area (TPSA) is 87.7 Å². The number of anilines is 1. The van der Waals surface area contributed by atoms with Crippen LogP contribution in [-0.2, 0) is 20.7 Å². The molecule has 0 bridgehead atoms. The maximum atomic E-state index is 13.0. The molecule has 25 heavy (non-hydrogen) atoms. The molecule has 0 aliphatic carbocycles. The second kappa shape index (κ2) is 5.28. The largest absolute Gasteiger partial charge is 0.370 e. The van der Waals surface area contributed by atoms with Gasteiger partial charge >= 0.3 is 6.03 Å². The van der Waals surface area contributed by atoms with Crippen LogP contribution < -0.4 is 15.5 Å². The third kappa shape index (κ3) is 1.98. The summed E-state index contributed by atoms with van der Waals surface area (Å²) in [5, 5.41) is 4.54. The van der Waals surface area contributed by atoms with Crippen LogP contribution in [0.5, 0.6) is 0 Å². The van der Waals surface area contributed by atoms with E-state index in [1.807, 2.05) is 43.0 Å². The summed E-state index contributed by atoms with van der Waals surface area (Å²) in [6, 6.07) is 6.91. The van der Waals surface area contributed by atoms with Gasteiger partial charge in [-0.1, -0.05) is 34.1 Å². The van der Waals surface area contributed by atoms with Gasteiger partial charge in [0.1, 0.15) is 4.45 Å². The van der Waals surface area contributed by atoms with Crippen molar-refractivity contribution in [3.8, 4) is 0 Å².